The van der Waals surface area contributed by atoms with Gasteiger partial charge in [0.2, 0.25) is 0 Å². The molecule has 0 bridgehead atoms. The minimum absolute atomic E-state index is 0.0753. The summed E-state index contributed by atoms with van der Waals surface area (Å²) in [6, 6.07) is 0. The van der Waals surface area contributed by atoms with Gasteiger partial charge in [-0.25, -0.2) is 4.98 Å². The molecule has 0 amide bonds. The molecule has 1 fully saturated rings. The van der Waals surface area contributed by atoms with Crippen LogP contribution in [0.25, 0.3) is 0 Å². The number of thioether (sulfide) groups is 1. The van der Waals surface area contributed by atoms with Crippen molar-refractivity contribution in [2.45, 2.75) is 26.4 Å². The summed E-state index contributed by atoms with van der Waals surface area (Å²) < 4.78 is 6.40. The second-order valence-electron chi connectivity index (χ2n) is 3.82. The highest BCUT2D eigenvalue weighted by Crippen LogP contribution is 2.24. The average Bonchev–Trinajstić information content (AvgIpc) is 2.33. The lowest BCUT2D eigenvalue weighted by Gasteiger charge is -2.22. The molecule has 1 atom stereocenters. The molecular weight excluding hydrogens is 240 g/mol. The largest absolute Gasteiger partial charge is 0.369 e. The molecule has 1 aromatic heterocycles. The predicted octanol–water partition coefficient (Wildman–Crippen LogP) is 2.81. The predicted molar refractivity (Wildman–Crippen MR) is 69.6 cm³/mol. The first-order valence-corrected chi connectivity index (χ1v) is 7.07. The fraction of sp³-hybridized carbons (Fsp3) is 0.636. The summed E-state index contributed by atoms with van der Waals surface area (Å²) in [6.45, 7) is 4.94. The monoisotopic (exact) mass is 256 g/mol. The first-order valence-electron chi connectivity index (χ1n) is 5.51. The molecule has 1 aliphatic heterocycles. The standard InChI is InChI=1S/C11H16N2OS2/c1-3-8-7(2)11(15)13-10(12-8)9-6-16-5-4-14-9/h9H,3-6H2,1-2H3,(H,12,13,15). The molecule has 1 N–H and O–H groups in total. The summed E-state index contributed by atoms with van der Waals surface area (Å²) in [5.74, 6) is 2.92. The number of ether oxygens (including phenoxy) is 1. The molecule has 2 rings (SSSR count). The third-order valence-electron chi connectivity index (χ3n) is 2.75. The maximum absolute atomic E-state index is 5.70. The molecule has 0 aliphatic carbocycles. The van der Waals surface area contributed by atoms with Crippen molar-refractivity contribution in [1.29, 1.82) is 0 Å². The topological polar surface area (TPSA) is 37.9 Å². The molecular formula is C11H16N2OS2. The molecule has 1 saturated heterocycles. The summed E-state index contributed by atoms with van der Waals surface area (Å²) in [5.41, 5.74) is 2.26. The van der Waals surface area contributed by atoms with Gasteiger partial charge in [-0.15, -0.1) is 0 Å². The maximum Gasteiger partial charge on any atom is 0.138 e. The Morgan fingerprint density at radius 2 is 2.44 bits per heavy atom. The molecule has 1 aliphatic rings. The summed E-state index contributed by atoms with van der Waals surface area (Å²) in [5, 5.41) is 0. The summed E-state index contributed by atoms with van der Waals surface area (Å²) in [6.07, 6.45) is 1.02. The van der Waals surface area contributed by atoms with E-state index in [2.05, 4.69) is 16.9 Å². The van der Waals surface area contributed by atoms with Crippen molar-refractivity contribution in [2.24, 2.45) is 0 Å². The quantitative estimate of drug-likeness (QED) is 0.826. The van der Waals surface area contributed by atoms with Gasteiger partial charge in [-0.3, -0.25) is 0 Å². The van der Waals surface area contributed by atoms with E-state index in [-0.39, 0.29) is 6.10 Å². The molecule has 2 heterocycles. The molecule has 3 nitrogen and oxygen atoms in total. The molecule has 0 aromatic carbocycles. The van der Waals surface area contributed by atoms with Crippen LogP contribution in [-0.4, -0.2) is 28.1 Å². The number of nitrogens with one attached hydrogen (secondary N) is 1. The van der Waals surface area contributed by atoms with E-state index in [1.807, 2.05) is 18.7 Å². The molecule has 0 saturated carbocycles. The van der Waals surface area contributed by atoms with Crippen LogP contribution in [0.5, 0.6) is 0 Å². The Hall–Kier alpha value is -0.390. The van der Waals surface area contributed by atoms with Crippen LogP contribution >= 0.6 is 24.0 Å². The minimum Gasteiger partial charge on any atom is -0.369 e. The Balaban J connectivity index is 2.33. The maximum atomic E-state index is 5.70. The van der Waals surface area contributed by atoms with E-state index in [0.29, 0.717) is 4.64 Å². The minimum atomic E-state index is 0.0753. The van der Waals surface area contributed by atoms with E-state index in [1.54, 1.807) is 0 Å². The average molecular weight is 256 g/mol. The number of rotatable bonds is 2. The van der Waals surface area contributed by atoms with Crippen LogP contribution < -0.4 is 0 Å². The van der Waals surface area contributed by atoms with Gasteiger partial charge in [-0.2, -0.15) is 11.8 Å². The number of aromatic nitrogens is 2. The number of hydrogen-bond donors (Lipinski definition) is 1. The van der Waals surface area contributed by atoms with Crippen molar-refractivity contribution in [3.63, 3.8) is 0 Å². The molecule has 5 heteroatoms. The van der Waals surface area contributed by atoms with Crippen LogP contribution in [0.15, 0.2) is 0 Å². The van der Waals surface area contributed by atoms with Gasteiger partial charge >= 0.3 is 0 Å². The van der Waals surface area contributed by atoms with Crippen molar-refractivity contribution >= 4 is 24.0 Å². The van der Waals surface area contributed by atoms with Crippen LogP contribution in [-0.2, 0) is 11.2 Å². The van der Waals surface area contributed by atoms with E-state index >= 15 is 0 Å². The Bertz CT molecular complexity index is 424. The van der Waals surface area contributed by atoms with E-state index in [9.17, 15) is 0 Å². The van der Waals surface area contributed by atoms with Gasteiger partial charge in [-0.05, 0) is 13.3 Å². The Kier molecular flexibility index (Phi) is 4.00. The normalized spacial score (nSPS) is 21.0. The smallest absolute Gasteiger partial charge is 0.138 e. The molecule has 0 spiro atoms. The lowest BCUT2D eigenvalue weighted by molar-refractivity contribution is 0.0691. The molecule has 1 aromatic rings. The molecule has 16 heavy (non-hydrogen) atoms. The lowest BCUT2D eigenvalue weighted by atomic mass is 10.2. The SMILES string of the molecule is CCc1[nH]c(C2CSCCO2)nc(=S)c1C. The zero-order valence-corrected chi connectivity index (χ0v) is 11.2. The lowest BCUT2D eigenvalue weighted by Crippen LogP contribution is -2.19. The zero-order valence-electron chi connectivity index (χ0n) is 9.58. The van der Waals surface area contributed by atoms with Crippen LogP contribution in [0.2, 0.25) is 0 Å². The van der Waals surface area contributed by atoms with Crippen molar-refractivity contribution in [1.82, 2.24) is 9.97 Å². The van der Waals surface area contributed by atoms with E-state index in [0.717, 1.165) is 35.9 Å². The third kappa shape index (κ3) is 2.47. The second kappa shape index (κ2) is 5.29. The summed E-state index contributed by atoms with van der Waals surface area (Å²) in [4.78, 5) is 7.78. The second-order valence-corrected chi connectivity index (χ2v) is 5.36. The highest BCUT2D eigenvalue weighted by molar-refractivity contribution is 7.99. The van der Waals surface area contributed by atoms with Gasteiger partial charge in [0.05, 0.1) is 6.61 Å². The fourth-order valence-electron chi connectivity index (χ4n) is 1.75. The molecule has 1 unspecified atom stereocenters. The van der Waals surface area contributed by atoms with Gasteiger partial charge in [0.15, 0.2) is 0 Å². The van der Waals surface area contributed by atoms with Crippen LogP contribution in [0.3, 0.4) is 0 Å². The zero-order chi connectivity index (χ0) is 11.5. The molecule has 0 radical (unpaired) electrons. The van der Waals surface area contributed by atoms with Crippen molar-refractivity contribution in [3.8, 4) is 0 Å². The van der Waals surface area contributed by atoms with Gasteiger partial charge < -0.3 is 9.72 Å². The number of H-pyrrole nitrogens is 1. The first kappa shape index (κ1) is 12.1. The van der Waals surface area contributed by atoms with Crippen LogP contribution in [0.1, 0.15) is 30.1 Å². The van der Waals surface area contributed by atoms with Gasteiger partial charge in [-0.1, -0.05) is 19.1 Å². The fourth-order valence-corrected chi connectivity index (χ4v) is 2.82. The van der Waals surface area contributed by atoms with Gasteiger partial charge in [0, 0.05) is 22.8 Å². The van der Waals surface area contributed by atoms with Crippen molar-refractivity contribution in [3.05, 3.63) is 21.7 Å². The molecule has 88 valence electrons. The van der Waals surface area contributed by atoms with Crippen molar-refractivity contribution in [2.75, 3.05) is 18.1 Å². The van der Waals surface area contributed by atoms with Crippen LogP contribution in [0.4, 0.5) is 0 Å². The Morgan fingerprint density at radius 1 is 1.62 bits per heavy atom. The van der Waals surface area contributed by atoms with Crippen LogP contribution in [0, 0.1) is 11.6 Å². The first-order chi connectivity index (χ1) is 7.72. The van der Waals surface area contributed by atoms with E-state index in [4.69, 9.17) is 17.0 Å². The van der Waals surface area contributed by atoms with E-state index in [1.165, 1.54) is 5.69 Å². The highest BCUT2D eigenvalue weighted by Gasteiger charge is 2.19. The number of aromatic amines is 1. The number of hydrogen-bond acceptors (Lipinski definition) is 4. The van der Waals surface area contributed by atoms with E-state index < -0.39 is 0 Å². The number of aryl methyl sites for hydroxylation is 1. The number of nitrogens with zero attached hydrogens (tertiary/aromatic N) is 1. The summed E-state index contributed by atoms with van der Waals surface area (Å²) in [7, 11) is 0. The van der Waals surface area contributed by atoms with Gasteiger partial charge in [0.25, 0.3) is 0 Å². The summed E-state index contributed by atoms with van der Waals surface area (Å²) >= 11 is 7.17. The highest BCUT2D eigenvalue weighted by atomic mass is 32.2. The van der Waals surface area contributed by atoms with Crippen molar-refractivity contribution < 1.29 is 4.74 Å². The van der Waals surface area contributed by atoms with Gasteiger partial charge in [0.1, 0.15) is 16.6 Å². The Labute approximate surface area is 105 Å². The third-order valence-corrected chi connectivity index (χ3v) is 4.14. The Morgan fingerprint density at radius 3 is 3.06 bits per heavy atom.